The molecule has 0 saturated carbocycles. The Morgan fingerprint density at radius 1 is 1.24 bits per heavy atom. The van der Waals surface area contributed by atoms with Crippen molar-refractivity contribution >= 4 is 44.2 Å². The fourth-order valence-corrected chi connectivity index (χ4v) is 4.87. The summed E-state index contributed by atoms with van der Waals surface area (Å²) in [5, 5.41) is 13.6. The molecule has 198 valence electrons. The van der Waals surface area contributed by atoms with Gasteiger partial charge in [-0.3, -0.25) is 4.79 Å². The van der Waals surface area contributed by atoms with Gasteiger partial charge in [0.25, 0.3) is 5.91 Å². The number of nitrogens with one attached hydrogen (secondary N) is 1. The van der Waals surface area contributed by atoms with E-state index in [1.165, 1.54) is 17.0 Å². The molecule has 0 radical (unpaired) electrons. The van der Waals surface area contributed by atoms with Gasteiger partial charge in [0.05, 0.1) is 16.1 Å². The van der Waals surface area contributed by atoms with Crippen molar-refractivity contribution in [2.75, 3.05) is 17.3 Å². The number of nitrogens with zero attached hydrogens (tertiary/aromatic N) is 3. The van der Waals surface area contributed by atoms with Gasteiger partial charge in [0.2, 0.25) is 0 Å². The molecule has 1 atom stereocenters. The molecule has 11 heteroatoms. The molecule has 2 N–H and O–H groups in total. The number of likely N-dealkylation sites (N-methyl/N-ethyl adjacent to an activating group) is 1. The minimum atomic E-state index is -3.82. The Morgan fingerprint density at radius 2 is 1.89 bits per heavy atom. The van der Waals surface area contributed by atoms with Gasteiger partial charge in [0.1, 0.15) is 34.3 Å². The van der Waals surface area contributed by atoms with Crippen LogP contribution in [0.2, 0.25) is 0 Å². The minimum Gasteiger partial charge on any atom is -0.475 e. The molecule has 0 aliphatic carbocycles. The van der Waals surface area contributed by atoms with Crippen molar-refractivity contribution in [3.8, 4) is 5.75 Å². The highest BCUT2D eigenvalue weighted by Crippen LogP contribution is 2.48. The van der Waals surface area contributed by atoms with E-state index in [2.05, 4.69) is 31.2 Å². The quantitative estimate of drug-likeness (QED) is 0.384. The van der Waals surface area contributed by atoms with Gasteiger partial charge >= 0.3 is 5.92 Å². The fourth-order valence-electron chi connectivity index (χ4n) is 4.37. The molecule has 1 amide bonds. The van der Waals surface area contributed by atoms with Crippen LogP contribution in [0.25, 0.3) is 10.9 Å². The van der Waals surface area contributed by atoms with Crippen molar-refractivity contribution in [2.24, 2.45) is 0 Å². The van der Waals surface area contributed by atoms with Crippen molar-refractivity contribution in [3.63, 3.8) is 0 Å². The molecule has 4 rings (SSSR count). The molecular weight excluding hydrogens is 553 g/mol. The number of ether oxygens (including phenoxy) is 1. The van der Waals surface area contributed by atoms with Gasteiger partial charge in [0, 0.05) is 18.0 Å². The first-order chi connectivity index (χ1) is 17.0. The van der Waals surface area contributed by atoms with Crippen LogP contribution in [-0.2, 0) is 10.7 Å². The Bertz CT molecular complexity index is 1420. The molecule has 1 aromatic heterocycles. The highest BCUT2D eigenvalue weighted by Gasteiger charge is 2.49. The average Bonchev–Trinajstić information content (AvgIpc) is 2.77. The summed E-state index contributed by atoms with van der Waals surface area (Å²) in [5.41, 5.74) is -3.58. The zero-order valence-electron chi connectivity index (χ0n) is 21.5. The maximum Gasteiger partial charge on any atom is 0.303 e. The monoisotopic (exact) mass is 580 g/mol. The van der Waals surface area contributed by atoms with Crippen LogP contribution in [0.15, 0.2) is 28.7 Å². The van der Waals surface area contributed by atoms with Gasteiger partial charge in [-0.25, -0.2) is 14.4 Å². The molecule has 37 heavy (non-hydrogen) atoms. The van der Waals surface area contributed by atoms with Crippen molar-refractivity contribution in [2.45, 2.75) is 64.7 Å². The first-order valence-electron chi connectivity index (χ1n) is 11.6. The van der Waals surface area contributed by atoms with E-state index in [9.17, 15) is 18.7 Å². The summed E-state index contributed by atoms with van der Waals surface area (Å²) >= 11 is 3.51. The minimum absolute atomic E-state index is 0.0276. The first-order valence-corrected chi connectivity index (χ1v) is 12.4. The maximum absolute atomic E-state index is 15.4. The number of rotatable bonds is 5. The molecule has 0 fully saturated rings. The second-order valence-corrected chi connectivity index (χ2v) is 11.1. The van der Waals surface area contributed by atoms with Gasteiger partial charge in [-0.2, -0.15) is 8.78 Å². The second-order valence-electron chi connectivity index (χ2n) is 10.2. The molecule has 2 heterocycles. The van der Waals surface area contributed by atoms with E-state index in [1.54, 1.807) is 40.8 Å². The fraction of sp³-hybridized carbons (Fsp3) is 0.423. The number of carbonyl (C=O) groups excluding carboxylic acids is 1. The van der Waals surface area contributed by atoms with Crippen LogP contribution >= 0.6 is 15.9 Å². The molecule has 1 aliphatic rings. The first kappa shape index (κ1) is 27.1. The number of aromatic nitrogens is 2. The molecule has 0 bridgehead atoms. The summed E-state index contributed by atoms with van der Waals surface area (Å²) in [6, 6.07) is 4.62. The largest absolute Gasteiger partial charge is 0.475 e. The third kappa shape index (κ3) is 4.41. The van der Waals surface area contributed by atoms with Gasteiger partial charge in [-0.05, 0) is 69.6 Å². The Hall–Kier alpha value is -2.92. The predicted molar refractivity (Wildman–Crippen MR) is 139 cm³/mol. The van der Waals surface area contributed by atoms with E-state index in [4.69, 9.17) is 4.74 Å². The van der Waals surface area contributed by atoms with Gasteiger partial charge in [0.15, 0.2) is 11.4 Å². The average molecular weight is 581 g/mol. The smallest absolute Gasteiger partial charge is 0.303 e. The predicted octanol–water partition coefficient (Wildman–Crippen LogP) is 6.01. The molecular formula is C26H28BrF3N4O3. The highest BCUT2D eigenvalue weighted by atomic mass is 79.9. The number of halogens is 4. The molecule has 0 spiro atoms. The summed E-state index contributed by atoms with van der Waals surface area (Å²) in [6.45, 7) is 8.50. The van der Waals surface area contributed by atoms with Crippen LogP contribution in [0.4, 0.5) is 24.7 Å². The summed E-state index contributed by atoms with van der Waals surface area (Å²) in [4.78, 5) is 23.4. The van der Waals surface area contributed by atoms with Gasteiger partial charge in [-0.1, -0.05) is 12.1 Å². The van der Waals surface area contributed by atoms with Crippen molar-refractivity contribution < 1.29 is 27.8 Å². The number of anilines is 2. The molecule has 0 unspecified atom stereocenters. The SMILES string of the molecule is Cc1nc(N[C@H](C)c2cccc(C(F)(F)C(C)(C)O)c2F)c2cc(Br)c3c(c2n1)N(C)C(=O)C(C)(C)O3. The second kappa shape index (κ2) is 8.83. The van der Waals surface area contributed by atoms with Crippen LogP contribution < -0.4 is 15.0 Å². The van der Waals surface area contributed by atoms with Crippen molar-refractivity contribution in [1.82, 2.24) is 9.97 Å². The lowest BCUT2D eigenvalue weighted by Crippen LogP contribution is -2.51. The Morgan fingerprint density at radius 3 is 2.51 bits per heavy atom. The standard InChI is InChI=1S/C26H28BrF3N4O3/c1-12(14-9-8-10-16(18(14)28)26(29,30)25(5,6)36)31-22-15-11-17(27)21-20(19(15)32-13(2)33-22)34(7)23(35)24(3,4)37-21/h8-12,36H,1-7H3,(H,31,32,33)/t12-/m1/s1. The summed E-state index contributed by atoms with van der Waals surface area (Å²) in [7, 11) is 1.63. The number of alkyl halides is 2. The lowest BCUT2D eigenvalue weighted by atomic mass is 9.91. The van der Waals surface area contributed by atoms with Crippen molar-refractivity contribution in [1.29, 1.82) is 0 Å². The van der Waals surface area contributed by atoms with E-state index in [0.29, 0.717) is 38.5 Å². The molecule has 0 saturated heterocycles. The number of fused-ring (bicyclic) bond motifs is 3. The van der Waals surface area contributed by atoms with Crippen LogP contribution in [-0.4, -0.2) is 39.2 Å². The van der Waals surface area contributed by atoms with Crippen LogP contribution in [0.3, 0.4) is 0 Å². The Labute approximate surface area is 221 Å². The molecule has 2 aromatic carbocycles. The van der Waals surface area contributed by atoms with E-state index >= 15 is 4.39 Å². The number of benzene rings is 2. The zero-order chi connectivity index (χ0) is 27.7. The topological polar surface area (TPSA) is 87.6 Å². The van der Waals surface area contributed by atoms with E-state index in [0.717, 1.165) is 19.9 Å². The van der Waals surface area contributed by atoms with Crippen LogP contribution in [0, 0.1) is 12.7 Å². The van der Waals surface area contributed by atoms with Gasteiger partial charge < -0.3 is 20.1 Å². The van der Waals surface area contributed by atoms with E-state index in [1.807, 2.05) is 0 Å². The van der Waals surface area contributed by atoms with Crippen LogP contribution in [0.1, 0.15) is 57.6 Å². The lowest BCUT2D eigenvalue weighted by molar-refractivity contribution is -0.170. The van der Waals surface area contributed by atoms with E-state index in [-0.39, 0.29) is 11.5 Å². The Kier molecular flexibility index (Phi) is 6.48. The maximum atomic E-state index is 15.4. The number of hydrogen-bond acceptors (Lipinski definition) is 6. The number of aliphatic hydroxyl groups is 1. The third-order valence-electron chi connectivity index (χ3n) is 6.45. The van der Waals surface area contributed by atoms with E-state index < -0.39 is 34.5 Å². The zero-order valence-corrected chi connectivity index (χ0v) is 23.1. The molecule has 7 nitrogen and oxygen atoms in total. The highest BCUT2D eigenvalue weighted by molar-refractivity contribution is 9.10. The molecule has 3 aromatic rings. The third-order valence-corrected chi connectivity index (χ3v) is 7.04. The summed E-state index contributed by atoms with van der Waals surface area (Å²) < 4.78 is 51.5. The lowest BCUT2D eigenvalue weighted by Gasteiger charge is -2.37. The number of aryl methyl sites for hydroxylation is 1. The molecule has 1 aliphatic heterocycles. The Balaban J connectivity index is 1.83. The van der Waals surface area contributed by atoms with Crippen molar-refractivity contribution in [3.05, 3.63) is 51.5 Å². The normalized spacial score (nSPS) is 16.4. The summed E-state index contributed by atoms with van der Waals surface area (Å²) in [6.07, 6.45) is 0. The number of hydrogen-bond donors (Lipinski definition) is 2. The summed E-state index contributed by atoms with van der Waals surface area (Å²) in [5.74, 6) is -4.05. The number of amides is 1. The number of carbonyl (C=O) groups is 1. The van der Waals surface area contributed by atoms with Gasteiger partial charge in [-0.15, -0.1) is 0 Å². The van der Waals surface area contributed by atoms with Crippen LogP contribution in [0.5, 0.6) is 5.75 Å².